The number of benzene rings is 2. The third-order valence-corrected chi connectivity index (χ3v) is 6.66. The molecule has 2 fully saturated rings. The number of amides is 1. The maximum atomic E-state index is 13.8. The normalized spacial score (nSPS) is 24.9. The van der Waals surface area contributed by atoms with Gasteiger partial charge in [0.25, 0.3) is 5.91 Å². The molecule has 0 aromatic heterocycles. The van der Waals surface area contributed by atoms with Crippen molar-refractivity contribution in [2.75, 3.05) is 5.32 Å². The summed E-state index contributed by atoms with van der Waals surface area (Å²) in [5, 5.41) is 17.8. The number of nitro groups is 1. The van der Waals surface area contributed by atoms with Crippen LogP contribution < -0.4 is 10.6 Å². The Morgan fingerprint density at radius 1 is 1.23 bits per heavy atom. The van der Waals surface area contributed by atoms with Crippen LogP contribution in [0.15, 0.2) is 36.4 Å². The summed E-state index contributed by atoms with van der Waals surface area (Å²) in [6, 6.07) is 8.12. The molecule has 3 unspecified atom stereocenters. The molecule has 9 heteroatoms. The predicted octanol–water partition coefficient (Wildman–Crippen LogP) is 5.17. The number of halogens is 3. The van der Waals surface area contributed by atoms with Crippen molar-refractivity contribution in [2.45, 2.75) is 38.3 Å². The number of carbonyl (C=O) groups is 1. The highest BCUT2D eigenvalue weighted by Crippen LogP contribution is 2.60. The fourth-order valence-electron chi connectivity index (χ4n) is 5.01. The van der Waals surface area contributed by atoms with Crippen molar-refractivity contribution in [3.8, 4) is 0 Å². The minimum Gasteiger partial charge on any atom is -0.377 e. The van der Waals surface area contributed by atoms with Gasteiger partial charge in [-0.15, -0.1) is 0 Å². The van der Waals surface area contributed by atoms with E-state index in [2.05, 4.69) is 10.6 Å². The summed E-state index contributed by atoms with van der Waals surface area (Å²) in [6.45, 7) is 2.02. The molecule has 2 aliphatic rings. The summed E-state index contributed by atoms with van der Waals surface area (Å²) in [7, 11) is 0. The van der Waals surface area contributed by atoms with Gasteiger partial charge in [-0.05, 0) is 61.3 Å². The second-order valence-corrected chi connectivity index (χ2v) is 8.69. The molecular weight excluding hydrogens is 428 g/mol. The van der Waals surface area contributed by atoms with E-state index >= 15 is 0 Å². The summed E-state index contributed by atoms with van der Waals surface area (Å²) < 4.78 is 27.4. The highest BCUT2D eigenvalue weighted by Gasteiger charge is 2.58. The summed E-state index contributed by atoms with van der Waals surface area (Å²) in [5.74, 6) is -1.13. The molecular formula is C22H22ClF2N3O3. The van der Waals surface area contributed by atoms with E-state index < -0.39 is 22.2 Å². The molecule has 2 saturated carbocycles. The van der Waals surface area contributed by atoms with Crippen LogP contribution in [0.2, 0.25) is 5.02 Å². The number of carbonyl (C=O) groups excluding carboxylic acids is 1. The quantitative estimate of drug-likeness (QED) is 0.451. The van der Waals surface area contributed by atoms with E-state index in [0.717, 1.165) is 25.3 Å². The average Bonchev–Trinajstić information content (AvgIpc) is 3.19. The molecule has 2 aromatic carbocycles. The first-order valence-electron chi connectivity index (χ1n) is 10.2. The molecule has 1 amide bonds. The minimum absolute atomic E-state index is 0.0279. The van der Waals surface area contributed by atoms with E-state index in [9.17, 15) is 23.7 Å². The molecule has 0 heterocycles. The van der Waals surface area contributed by atoms with Gasteiger partial charge in [0.2, 0.25) is 5.82 Å². The van der Waals surface area contributed by atoms with Gasteiger partial charge in [0.05, 0.1) is 4.92 Å². The molecule has 6 nitrogen and oxygen atoms in total. The largest absolute Gasteiger partial charge is 0.377 e. The number of hydrogen-bond acceptors (Lipinski definition) is 4. The molecule has 164 valence electrons. The maximum Gasteiger partial charge on any atom is 0.327 e. The van der Waals surface area contributed by atoms with E-state index in [1.807, 2.05) is 6.92 Å². The van der Waals surface area contributed by atoms with Crippen molar-refractivity contribution in [2.24, 2.45) is 17.8 Å². The lowest BCUT2D eigenvalue weighted by atomic mass is 9.98. The smallest absolute Gasteiger partial charge is 0.327 e. The molecule has 31 heavy (non-hydrogen) atoms. The third-order valence-electron chi connectivity index (χ3n) is 6.41. The highest BCUT2D eigenvalue weighted by atomic mass is 35.5. The van der Waals surface area contributed by atoms with Crippen LogP contribution in [-0.4, -0.2) is 22.9 Å². The van der Waals surface area contributed by atoms with Gasteiger partial charge in [-0.25, -0.2) is 4.39 Å². The fourth-order valence-corrected chi connectivity index (χ4v) is 5.14. The van der Waals surface area contributed by atoms with Gasteiger partial charge in [-0.2, -0.15) is 4.39 Å². The number of hydrogen-bond donors (Lipinski definition) is 2. The number of nitro benzene ring substituents is 1. The zero-order chi connectivity index (χ0) is 22.3. The summed E-state index contributed by atoms with van der Waals surface area (Å²) in [5.41, 5.74) is -0.317. The molecule has 0 aliphatic heterocycles. The van der Waals surface area contributed by atoms with E-state index in [-0.39, 0.29) is 23.7 Å². The predicted molar refractivity (Wildman–Crippen MR) is 113 cm³/mol. The first-order valence-corrected chi connectivity index (χ1v) is 10.6. The van der Waals surface area contributed by atoms with Crippen molar-refractivity contribution in [1.29, 1.82) is 0 Å². The lowest BCUT2D eigenvalue weighted by molar-refractivity contribution is -0.386. The van der Waals surface area contributed by atoms with Gasteiger partial charge in [0.15, 0.2) is 0 Å². The fraction of sp³-hybridized carbons (Fsp3) is 0.409. The lowest BCUT2D eigenvalue weighted by Crippen LogP contribution is -2.38. The standard InChI is InChI=1S/C22H22ClF2N3O3/c1-2-18(27-22(29)11-3-5-12(23)6-4-11)20-15-9-14(10-16(15)20)26-19-8-13(24)7-17(25)21(19)28(30)31/h3-8,14-16,18,20,26H,2,9-10H2,1H3,(H,27,29). The first-order chi connectivity index (χ1) is 14.8. The second kappa shape index (κ2) is 8.42. The van der Waals surface area contributed by atoms with E-state index in [1.54, 1.807) is 24.3 Å². The van der Waals surface area contributed by atoms with Gasteiger partial charge in [-0.3, -0.25) is 14.9 Å². The Morgan fingerprint density at radius 2 is 1.87 bits per heavy atom. The van der Waals surface area contributed by atoms with E-state index in [4.69, 9.17) is 11.6 Å². The van der Waals surface area contributed by atoms with Crippen molar-refractivity contribution in [1.82, 2.24) is 5.32 Å². The Morgan fingerprint density at radius 3 is 2.45 bits per heavy atom. The zero-order valence-electron chi connectivity index (χ0n) is 16.8. The number of rotatable bonds is 7. The number of fused-ring (bicyclic) bond motifs is 1. The second-order valence-electron chi connectivity index (χ2n) is 8.25. The van der Waals surface area contributed by atoms with Crippen LogP contribution in [0, 0.1) is 39.5 Å². The van der Waals surface area contributed by atoms with E-state index in [1.165, 1.54) is 0 Å². The Bertz CT molecular complexity index is 1010. The molecule has 2 aliphatic carbocycles. The number of nitrogens with zero attached hydrogens (tertiary/aromatic N) is 1. The first kappa shape index (κ1) is 21.5. The zero-order valence-corrected chi connectivity index (χ0v) is 17.5. The Balaban J connectivity index is 1.37. The number of anilines is 1. The number of nitrogens with one attached hydrogen (secondary N) is 2. The van der Waals surface area contributed by atoms with Crippen LogP contribution >= 0.6 is 11.6 Å². The molecule has 0 radical (unpaired) electrons. The molecule has 2 N–H and O–H groups in total. The van der Waals surface area contributed by atoms with Gasteiger partial charge in [0.1, 0.15) is 11.5 Å². The van der Waals surface area contributed by atoms with E-state index in [0.29, 0.717) is 34.4 Å². The molecule has 4 rings (SSSR count). The lowest BCUT2D eigenvalue weighted by Gasteiger charge is -2.22. The molecule has 0 bridgehead atoms. The summed E-state index contributed by atoms with van der Waals surface area (Å²) in [6.07, 6.45) is 2.26. The highest BCUT2D eigenvalue weighted by molar-refractivity contribution is 6.30. The maximum absolute atomic E-state index is 13.8. The Kier molecular flexibility index (Phi) is 5.83. The van der Waals surface area contributed by atoms with Crippen LogP contribution in [0.25, 0.3) is 0 Å². The molecule has 0 saturated heterocycles. The van der Waals surface area contributed by atoms with Gasteiger partial charge in [-0.1, -0.05) is 18.5 Å². The van der Waals surface area contributed by atoms with Gasteiger partial charge >= 0.3 is 5.69 Å². The van der Waals surface area contributed by atoms with Crippen LogP contribution in [0.1, 0.15) is 36.5 Å². The van der Waals surface area contributed by atoms with Crippen LogP contribution in [-0.2, 0) is 0 Å². The van der Waals surface area contributed by atoms with Crippen molar-refractivity contribution in [3.63, 3.8) is 0 Å². The van der Waals surface area contributed by atoms with Crippen molar-refractivity contribution < 1.29 is 18.5 Å². The third kappa shape index (κ3) is 4.35. The van der Waals surface area contributed by atoms with Crippen molar-refractivity contribution in [3.05, 3.63) is 68.7 Å². The Labute approximate surface area is 183 Å². The average molecular weight is 450 g/mol. The molecule has 0 spiro atoms. The van der Waals surface area contributed by atoms with Crippen LogP contribution in [0.5, 0.6) is 0 Å². The monoisotopic (exact) mass is 449 g/mol. The SMILES string of the molecule is CCC(NC(=O)c1ccc(Cl)cc1)C1C2CC(Nc3cc(F)cc(F)c3[N+](=O)[O-])CC21. The molecule has 2 aromatic rings. The summed E-state index contributed by atoms with van der Waals surface area (Å²) in [4.78, 5) is 22.9. The van der Waals surface area contributed by atoms with Crippen LogP contribution in [0.3, 0.4) is 0 Å². The van der Waals surface area contributed by atoms with Crippen LogP contribution in [0.4, 0.5) is 20.2 Å². The van der Waals surface area contributed by atoms with Crippen molar-refractivity contribution >= 4 is 28.9 Å². The van der Waals surface area contributed by atoms with Gasteiger partial charge < -0.3 is 10.6 Å². The topological polar surface area (TPSA) is 84.3 Å². The minimum atomic E-state index is -1.19. The summed E-state index contributed by atoms with van der Waals surface area (Å²) >= 11 is 5.87. The Hall–Kier alpha value is -2.74. The molecule has 3 atom stereocenters. The van der Waals surface area contributed by atoms with Gasteiger partial charge in [0, 0.05) is 34.8 Å².